The summed E-state index contributed by atoms with van der Waals surface area (Å²) in [6.07, 6.45) is 2.02. The first-order chi connectivity index (χ1) is 24.8. The Morgan fingerprint density at radius 3 is 1.36 bits per heavy atom. The molecule has 0 atom stereocenters. The Bertz CT molecular complexity index is 2570. The van der Waals surface area contributed by atoms with Gasteiger partial charge in [0.2, 0.25) is 0 Å². The molecule has 6 nitrogen and oxygen atoms in total. The lowest BCUT2D eigenvalue weighted by Gasteiger charge is -2.40. The Morgan fingerprint density at radius 2 is 0.800 bits per heavy atom. The largest absolute Gasteiger partial charge is 0.307 e. The molecule has 236 valence electrons. The fourth-order valence-electron chi connectivity index (χ4n) is 7.40. The van der Waals surface area contributed by atoms with Crippen LogP contribution in [0.5, 0.6) is 0 Å². The van der Waals surface area contributed by atoms with Crippen molar-refractivity contribution >= 4 is 55.9 Å². The molecule has 0 aliphatic carbocycles. The lowest BCUT2D eigenvalue weighted by molar-refractivity contribution is 0.798. The third kappa shape index (κ3) is 4.36. The molecule has 0 saturated heterocycles. The summed E-state index contributed by atoms with van der Waals surface area (Å²) in [5.74, 6) is 0. The quantitative estimate of drug-likeness (QED) is 0.187. The molecule has 0 unspecified atom stereocenters. The molecule has 0 amide bonds. The lowest BCUT2D eigenvalue weighted by Crippen LogP contribution is -2.23. The summed E-state index contributed by atoms with van der Waals surface area (Å²) in [6.45, 7) is 0. The Balaban J connectivity index is 1.03. The third-order valence-electron chi connectivity index (χ3n) is 9.61. The van der Waals surface area contributed by atoms with Crippen LogP contribution in [-0.2, 0) is 0 Å². The highest BCUT2D eigenvalue weighted by atomic mass is 15.4. The lowest BCUT2D eigenvalue weighted by atomic mass is 10.0. The number of aromatic nitrogens is 4. The molecule has 6 heteroatoms. The fourth-order valence-corrected chi connectivity index (χ4v) is 7.40. The molecule has 2 aromatic heterocycles. The van der Waals surface area contributed by atoms with Gasteiger partial charge in [0.15, 0.2) is 0 Å². The van der Waals surface area contributed by atoms with Crippen molar-refractivity contribution in [1.29, 1.82) is 0 Å². The Hall–Kier alpha value is -6.92. The van der Waals surface area contributed by atoms with Gasteiger partial charge in [-0.1, -0.05) is 108 Å². The normalized spacial score (nSPS) is 12.3. The van der Waals surface area contributed by atoms with Gasteiger partial charge in [0, 0.05) is 27.7 Å². The maximum absolute atomic E-state index is 4.65. The highest BCUT2D eigenvalue weighted by Crippen LogP contribution is 2.53. The molecule has 10 rings (SSSR count). The summed E-state index contributed by atoms with van der Waals surface area (Å²) in [7, 11) is 0. The van der Waals surface area contributed by atoms with Gasteiger partial charge >= 0.3 is 0 Å². The molecule has 1 aliphatic heterocycles. The molecule has 3 heterocycles. The molecular weight excluding hydrogens is 613 g/mol. The number of nitrogens with zero attached hydrogens (tertiary/aromatic N) is 6. The highest BCUT2D eigenvalue weighted by molar-refractivity contribution is 6.09. The first-order valence-electron chi connectivity index (χ1n) is 16.8. The summed E-state index contributed by atoms with van der Waals surface area (Å²) < 4.78 is 4.21. The third-order valence-corrected chi connectivity index (χ3v) is 9.61. The van der Waals surface area contributed by atoms with E-state index in [1.54, 1.807) is 0 Å². The minimum atomic E-state index is 0.809. The SMILES string of the molecule is c1ccc(N2c3ccccc3N(c3ccc(-c4cn(-c5ccccc5-n5c6ccccc6c6ccccc65)nn4)cc3)c3ccccc32)cc1. The molecular formula is C44H30N6. The van der Waals surface area contributed by atoms with E-state index in [9.17, 15) is 0 Å². The van der Waals surface area contributed by atoms with Gasteiger partial charge in [0.25, 0.3) is 0 Å². The van der Waals surface area contributed by atoms with Crippen molar-refractivity contribution in [2.45, 2.75) is 0 Å². The van der Waals surface area contributed by atoms with Crippen molar-refractivity contribution in [3.8, 4) is 22.6 Å². The predicted octanol–water partition coefficient (Wildman–Crippen LogP) is 11.3. The molecule has 9 aromatic rings. The second-order valence-corrected chi connectivity index (χ2v) is 12.4. The van der Waals surface area contributed by atoms with Crippen LogP contribution in [0.15, 0.2) is 182 Å². The van der Waals surface area contributed by atoms with Crippen LogP contribution < -0.4 is 9.80 Å². The van der Waals surface area contributed by atoms with Gasteiger partial charge in [0.1, 0.15) is 5.69 Å². The summed E-state index contributed by atoms with van der Waals surface area (Å²) in [5, 5.41) is 11.7. The van der Waals surface area contributed by atoms with Crippen molar-refractivity contribution in [3.63, 3.8) is 0 Å². The summed E-state index contributed by atoms with van der Waals surface area (Å²) in [6, 6.07) is 61.9. The second-order valence-electron chi connectivity index (χ2n) is 12.4. The monoisotopic (exact) mass is 642 g/mol. The zero-order valence-electron chi connectivity index (χ0n) is 27.0. The zero-order valence-corrected chi connectivity index (χ0v) is 27.0. The zero-order chi connectivity index (χ0) is 33.0. The molecule has 1 aliphatic rings. The van der Waals surface area contributed by atoms with Gasteiger partial charge in [-0.15, -0.1) is 5.10 Å². The van der Waals surface area contributed by atoms with Crippen molar-refractivity contribution in [2.24, 2.45) is 0 Å². The average Bonchev–Trinajstić information content (AvgIpc) is 3.81. The number of benzene rings is 7. The predicted molar refractivity (Wildman–Crippen MR) is 204 cm³/mol. The van der Waals surface area contributed by atoms with Crippen molar-refractivity contribution in [1.82, 2.24) is 19.6 Å². The van der Waals surface area contributed by atoms with E-state index < -0.39 is 0 Å². The highest BCUT2D eigenvalue weighted by Gasteiger charge is 2.30. The van der Waals surface area contributed by atoms with Crippen LogP contribution in [0, 0.1) is 0 Å². The Labute approximate surface area is 289 Å². The molecule has 0 saturated carbocycles. The van der Waals surface area contributed by atoms with E-state index in [0.29, 0.717) is 0 Å². The van der Waals surface area contributed by atoms with Crippen LogP contribution in [0.4, 0.5) is 34.1 Å². The van der Waals surface area contributed by atoms with Crippen LogP contribution in [-0.4, -0.2) is 19.6 Å². The van der Waals surface area contributed by atoms with E-state index in [4.69, 9.17) is 0 Å². The fraction of sp³-hybridized carbons (Fsp3) is 0. The molecule has 7 aromatic carbocycles. The van der Waals surface area contributed by atoms with E-state index in [-0.39, 0.29) is 0 Å². The van der Waals surface area contributed by atoms with Crippen LogP contribution >= 0.6 is 0 Å². The van der Waals surface area contributed by atoms with Gasteiger partial charge < -0.3 is 14.4 Å². The number of anilines is 6. The van der Waals surface area contributed by atoms with Gasteiger partial charge in [0.05, 0.1) is 51.4 Å². The topological polar surface area (TPSA) is 42.1 Å². The van der Waals surface area contributed by atoms with E-state index in [1.165, 1.54) is 10.8 Å². The first kappa shape index (κ1) is 28.1. The standard InChI is InChI=1S/C44H30N6/c1-2-14-32(15-3-1)48-41-22-10-12-24-43(41)49(44-25-13-11-23-42(44)48)33-28-26-31(27-29-33)36-30-47(46-45-36)39-20-8-9-21-40(39)50-37-18-6-4-16-34(37)35-17-5-7-19-38(35)50/h1-30H. The van der Waals surface area contributed by atoms with Crippen molar-refractivity contribution in [3.05, 3.63) is 182 Å². The smallest absolute Gasteiger partial charge is 0.113 e. The average molecular weight is 643 g/mol. The first-order valence-corrected chi connectivity index (χ1v) is 16.8. The molecule has 0 fully saturated rings. The Kier molecular flexibility index (Phi) is 6.39. The molecule has 0 bridgehead atoms. The number of fused-ring (bicyclic) bond motifs is 5. The summed E-state index contributed by atoms with van der Waals surface area (Å²) in [4.78, 5) is 4.68. The minimum Gasteiger partial charge on any atom is -0.307 e. The molecule has 50 heavy (non-hydrogen) atoms. The van der Waals surface area contributed by atoms with Gasteiger partial charge in [-0.05, 0) is 72.8 Å². The Morgan fingerprint density at radius 1 is 0.360 bits per heavy atom. The minimum absolute atomic E-state index is 0.809. The van der Waals surface area contributed by atoms with E-state index in [2.05, 4.69) is 201 Å². The van der Waals surface area contributed by atoms with E-state index >= 15 is 0 Å². The van der Waals surface area contributed by atoms with Crippen molar-refractivity contribution in [2.75, 3.05) is 9.80 Å². The number of hydrogen-bond acceptors (Lipinski definition) is 4. The molecule has 0 N–H and O–H groups in total. The van der Waals surface area contributed by atoms with Crippen LogP contribution in [0.2, 0.25) is 0 Å². The number of para-hydroxylation sites is 9. The second kappa shape index (κ2) is 11.4. The van der Waals surface area contributed by atoms with Gasteiger partial charge in [-0.25, -0.2) is 4.68 Å². The summed E-state index contributed by atoms with van der Waals surface area (Å²) >= 11 is 0. The molecule has 0 spiro atoms. The van der Waals surface area contributed by atoms with Crippen LogP contribution in [0.3, 0.4) is 0 Å². The van der Waals surface area contributed by atoms with Crippen LogP contribution in [0.1, 0.15) is 0 Å². The number of rotatable bonds is 5. The maximum atomic E-state index is 4.65. The van der Waals surface area contributed by atoms with E-state index in [1.807, 2.05) is 10.9 Å². The maximum Gasteiger partial charge on any atom is 0.113 e. The van der Waals surface area contributed by atoms with Gasteiger partial charge in [-0.3, -0.25) is 0 Å². The van der Waals surface area contributed by atoms with E-state index in [0.717, 1.165) is 67.8 Å². The van der Waals surface area contributed by atoms with Crippen molar-refractivity contribution < 1.29 is 0 Å². The summed E-state index contributed by atoms with van der Waals surface area (Å²) in [5.41, 5.74) is 12.8. The molecule has 0 radical (unpaired) electrons. The van der Waals surface area contributed by atoms with Crippen LogP contribution in [0.25, 0.3) is 44.4 Å². The van der Waals surface area contributed by atoms with Gasteiger partial charge in [-0.2, -0.15) is 0 Å². The number of hydrogen-bond donors (Lipinski definition) is 0.